The molecule has 1 fully saturated rings. The first-order valence-electron chi connectivity index (χ1n) is 5.88. The van der Waals surface area contributed by atoms with Gasteiger partial charge in [0.15, 0.2) is 0 Å². The molecule has 0 spiro atoms. The van der Waals surface area contributed by atoms with E-state index in [1.807, 2.05) is 4.90 Å². The van der Waals surface area contributed by atoms with Gasteiger partial charge in [0.05, 0.1) is 0 Å². The average molecular weight is 299 g/mol. The zero-order valence-corrected chi connectivity index (χ0v) is 13.9. The predicted molar refractivity (Wildman–Crippen MR) is 62.8 cm³/mol. The van der Waals surface area contributed by atoms with Crippen molar-refractivity contribution in [1.29, 1.82) is 0 Å². The number of aliphatic hydroxyl groups is 1. The molecule has 0 saturated carbocycles. The third kappa shape index (κ3) is 4.68. The molecular formula is C10H14BF3KN3O. The Bertz CT molecular complexity index is 404. The van der Waals surface area contributed by atoms with E-state index in [2.05, 4.69) is 9.97 Å². The molecule has 4 nitrogen and oxygen atoms in total. The van der Waals surface area contributed by atoms with Crippen molar-refractivity contribution < 1.29 is 69.4 Å². The van der Waals surface area contributed by atoms with Gasteiger partial charge in [-0.25, -0.2) is 9.97 Å². The second-order valence-electron chi connectivity index (χ2n) is 4.53. The first kappa shape index (κ1) is 17.4. The molecule has 0 bridgehead atoms. The summed E-state index contributed by atoms with van der Waals surface area (Å²) in [4.78, 5) is 9.35. The van der Waals surface area contributed by atoms with Crippen LogP contribution >= 0.6 is 0 Å². The van der Waals surface area contributed by atoms with Crippen molar-refractivity contribution in [3.05, 3.63) is 12.4 Å². The van der Waals surface area contributed by atoms with E-state index < -0.39 is 12.4 Å². The summed E-state index contributed by atoms with van der Waals surface area (Å²) in [5, 5.41) is 9.09. The topological polar surface area (TPSA) is 49.2 Å². The van der Waals surface area contributed by atoms with Gasteiger partial charge in [0.25, 0.3) is 0 Å². The van der Waals surface area contributed by atoms with Crippen molar-refractivity contribution in [3.63, 3.8) is 0 Å². The molecule has 1 aromatic rings. The van der Waals surface area contributed by atoms with E-state index in [1.165, 1.54) is 0 Å². The Morgan fingerprint density at radius 1 is 1.32 bits per heavy atom. The molecule has 0 aliphatic carbocycles. The van der Waals surface area contributed by atoms with Crippen molar-refractivity contribution in [3.8, 4) is 0 Å². The second-order valence-corrected chi connectivity index (χ2v) is 4.53. The summed E-state index contributed by atoms with van der Waals surface area (Å²) in [7, 11) is 0. The van der Waals surface area contributed by atoms with E-state index in [1.54, 1.807) is 0 Å². The number of nitrogens with zero attached hydrogens (tertiary/aromatic N) is 3. The normalized spacial score (nSPS) is 20.0. The molecule has 1 unspecified atom stereocenters. The monoisotopic (exact) mass is 299 g/mol. The Hall–Kier alpha value is 0.331. The number of rotatable bonds is 3. The Labute approximate surface area is 152 Å². The zero-order chi connectivity index (χ0) is 13.2. The molecule has 100 valence electrons. The van der Waals surface area contributed by atoms with Gasteiger partial charge in [-0.05, 0) is 18.8 Å². The minimum absolute atomic E-state index is 0. The van der Waals surface area contributed by atoms with Crippen molar-refractivity contribution in [2.24, 2.45) is 5.92 Å². The minimum Gasteiger partial charge on any atom is -0.445 e. The van der Waals surface area contributed by atoms with Crippen LogP contribution in [0.4, 0.5) is 18.9 Å². The molecule has 1 atom stereocenters. The number of hydrogen-bond acceptors (Lipinski definition) is 4. The molecule has 2 heterocycles. The molecule has 0 amide bonds. The van der Waals surface area contributed by atoms with Crippen LogP contribution in [0.1, 0.15) is 12.8 Å². The number of piperidine rings is 1. The van der Waals surface area contributed by atoms with Crippen LogP contribution in [0, 0.1) is 5.92 Å². The van der Waals surface area contributed by atoms with Gasteiger partial charge in [-0.2, -0.15) is 0 Å². The first-order valence-corrected chi connectivity index (χ1v) is 5.88. The van der Waals surface area contributed by atoms with Crippen LogP contribution in [-0.2, 0) is 0 Å². The van der Waals surface area contributed by atoms with Gasteiger partial charge < -0.3 is 23.0 Å². The maximum absolute atomic E-state index is 12.4. The van der Waals surface area contributed by atoms with Gasteiger partial charge >= 0.3 is 58.4 Å². The van der Waals surface area contributed by atoms with Crippen molar-refractivity contribution in [1.82, 2.24) is 9.97 Å². The van der Waals surface area contributed by atoms with E-state index >= 15 is 0 Å². The molecule has 1 N–H and O–H groups in total. The largest absolute Gasteiger partial charge is 1.00 e. The third-order valence-electron chi connectivity index (χ3n) is 3.10. The number of halogens is 3. The maximum atomic E-state index is 12.4. The summed E-state index contributed by atoms with van der Waals surface area (Å²) in [6, 6.07) is 0. The molecular weight excluding hydrogens is 285 g/mol. The van der Waals surface area contributed by atoms with E-state index in [-0.39, 0.29) is 63.9 Å². The smallest absolute Gasteiger partial charge is 0.445 e. The summed E-state index contributed by atoms with van der Waals surface area (Å²) in [6.07, 6.45) is 3.46. The number of hydrogen-bond donors (Lipinski definition) is 1. The van der Waals surface area contributed by atoms with E-state index in [0.717, 1.165) is 25.2 Å². The van der Waals surface area contributed by atoms with Gasteiger partial charge in [0.2, 0.25) is 5.95 Å². The predicted octanol–water partition coefficient (Wildman–Crippen LogP) is -2.26. The summed E-state index contributed by atoms with van der Waals surface area (Å²) in [6.45, 7) is -3.65. The van der Waals surface area contributed by atoms with Crippen LogP contribution in [0.3, 0.4) is 0 Å². The average Bonchev–Trinajstić information content (AvgIpc) is 2.38. The molecule has 19 heavy (non-hydrogen) atoms. The van der Waals surface area contributed by atoms with Crippen LogP contribution < -0.4 is 61.7 Å². The molecule has 9 heteroatoms. The quantitative estimate of drug-likeness (QED) is 0.640. The maximum Gasteiger partial charge on any atom is 1.00 e. The fourth-order valence-electron chi connectivity index (χ4n) is 2.06. The van der Waals surface area contributed by atoms with Crippen LogP contribution in [0.2, 0.25) is 0 Å². The molecule has 1 aliphatic heterocycles. The van der Waals surface area contributed by atoms with Crippen LogP contribution in [0.5, 0.6) is 0 Å². The molecule has 1 saturated heterocycles. The molecule has 1 aromatic heterocycles. The Kier molecular flexibility index (Phi) is 6.74. The minimum atomic E-state index is -5.04. The standard InChI is InChI=1S/C10H14BF3N3O.K/c12-11(13,14)9-4-15-10(16-5-9)17-3-1-2-8(6-17)7-18;/h4-5,8,18H,1-3,6-7H2;/q-1;+1. The Morgan fingerprint density at radius 2 is 1.95 bits per heavy atom. The number of anilines is 1. The van der Waals surface area contributed by atoms with Gasteiger partial charge in [-0.15, -0.1) is 0 Å². The molecule has 0 aromatic carbocycles. The van der Waals surface area contributed by atoms with Crippen LogP contribution in [0.25, 0.3) is 0 Å². The summed E-state index contributed by atoms with van der Waals surface area (Å²) >= 11 is 0. The van der Waals surface area contributed by atoms with Gasteiger partial charge in [0.1, 0.15) is 0 Å². The number of aromatic nitrogens is 2. The summed E-state index contributed by atoms with van der Waals surface area (Å²) in [5.74, 6) is 0.450. The van der Waals surface area contributed by atoms with Crippen LogP contribution in [0.15, 0.2) is 12.4 Å². The summed E-state index contributed by atoms with van der Waals surface area (Å²) < 4.78 is 37.2. The van der Waals surface area contributed by atoms with Crippen molar-refractivity contribution in [2.75, 3.05) is 24.6 Å². The third-order valence-corrected chi connectivity index (χ3v) is 3.10. The zero-order valence-electron chi connectivity index (χ0n) is 10.8. The fourth-order valence-corrected chi connectivity index (χ4v) is 2.06. The van der Waals surface area contributed by atoms with E-state index in [0.29, 0.717) is 19.0 Å². The van der Waals surface area contributed by atoms with Crippen molar-refractivity contribution >= 4 is 18.4 Å². The first-order chi connectivity index (χ1) is 8.50. The number of aliphatic hydroxyl groups excluding tert-OH is 1. The molecule has 1 aliphatic rings. The molecule has 0 radical (unpaired) electrons. The Morgan fingerprint density at radius 3 is 2.47 bits per heavy atom. The van der Waals surface area contributed by atoms with Crippen LogP contribution in [-0.4, -0.2) is 41.7 Å². The fraction of sp³-hybridized carbons (Fsp3) is 0.600. The van der Waals surface area contributed by atoms with Gasteiger partial charge in [-0.1, -0.05) is 5.46 Å². The molecule has 2 rings (SSSR count). The van der Waals surface area contributed by atoms with Gasteiger partial charge in [0, 0.05) is 32.1 Å². The SMILES string of the molecule is OCC1CCCN(c2ncc([B-](F)(F)F)cn2)C1.[K+]. The van der Waals surface area contributed by atoms with Crippen molar-refractivity contribution in [2.45, 2.75) is 12.8 Å². The Balaban J connectivity index is 0.00000180. The van der Waals surface area contributed by atoms with E-state index in [4.69, 9.17) is 5.11 Å². The summed E-state index contributed by atoms with van der Waals surface area (Å²) in [5.41, 5.74) is -0.783. The second kappa shape index (κ2) is 7.37. The van der Waals surface area contributed by atoms with E-state index in [9.17, 15) is 12.9 Å². The van der Waals surface area contributed by atoms with Gasteiger partial charge in [-0.3, -0.25) is 0 Å².